The molecule has 0 spiro atoms. The van der Waals surface area contributed by atoms with Crippen LogP contribution in [0, 0.1) is 6.92 Å². The van der Waals surface area contributed by atoms with Crippen LogP contribution >= 0.6 is 0 Å². The summed E-state index contributed by atoms with van der Waals surface area (Å²) < 4.78 is 31.8. The van der Waals surface area contributed by atoms with Gasteiger partial charge >= 0.3 is 0 Å². The van der Waals surface area contributed by atoms with Crippen molar-refractivity contribution in [3.8, 4) is 5.75 Å². The molecule has 2 rings (SSSR count). The van der Waals surface area contributed by atoms with Gasteiger partial charge in [-0.15, -0.1) is 0 Å². The lowest BCUT2D eigenvalue weighted by Crippen LogP contribution is -2.40. The molecular weight excluding hydrogens is 304 g/mol. The van der Waals surface area contributed by atoms with Crippen LogP contribution in [0.5, 0.6) is 5.75 Å². The van der Waals surface area contributed by atoms with Crippen molar-refractivity contribution < 1.29 is 17.9 Å². The van der Waals surface area contributed by atoms with E-state index < -0.39 is 10.0 Å². The second kappa shape index (κ2) is 7.11. The van der Waals surface area contributed by atoms with Crippen molar-refractivity contribution in [2.45, 2.75) is 43.5 Å². The zero-order valence-electron chi connectivity index (χ0n) is 12.9. The largest absolute Gasteiger partial charge is 0.496 e. The first kappa shape index (κ1) is 16.8. The fourth-order valence-corrected chi connectivity index (χ4v) is 3.68. The van der Waals surface area contributed by atoms with E-state index in [-0.39, 0.29) is 23.4 Å². The van der Waals surface area contributed by atoms with Crippen LogP contribution < -0.4 is 14.8 Å². The fourth-order valence-electron chi connectivity index (χ4n) is 2.61. The molecule has 0 heterocycles. The molecule has 0 bridgehead atoms. The fraction of sp³-hybridized carbons (Fsp3) is 0.533. The summed E-state index contributed by atoms with van der Waals surface area (Å²) in [5, 5.41) is 2.85. The van der Waals surface area contributed by atoms with Gasteiger partial charge in [0.15, 0.2) is 0 Å². The molecule has 7 heteroatoms. The third-order valence-corrected chi connectivity index (χ3v) is 5.22. The highest BCUT2D eigenvalue weighted by Crippen LogP contribution is 2.21. The predicted molar refractivity (Wildman–Crippen MR) is 83.3 cm³/mol. The summed E-state index contributed by atoms with van der Waals surface area (Å²) >= 11 is 0. The van der Waals surface area contributed by atoms with Crippen molar-refractivity contribution in [1.82, 2.24) is 10.0 Å². The standard InChI is InChI=1S/C15H22N2O4S/c1-11-9-13(7-8-14(11)21-2)22(19,20)16-10-15(18)17-12-5-3-4-6-12/h7-9,12,16H,3-6,10H2,1-2H3,(H,17,18). The number of hydrogen-bond acceptors (Lipinski definition) is 4. The van der Waals surface area contributed by atoms with Crippen LogP contribution in [-0.2, 0) is 14.8 Å². The molecule has 1 amide bonds. The first-order chi connectivity index (χ1) is 10.4. The smallest absolute Gasteiger partial charge is 0.241 e. The van der Waals surface area contributed by atoms with Crippen LogP contribution in [0.15, 0.2) is 23.1 Å². The molecule has 6 nitrogen and oxygen atoms in total. The molecule has 0 aromatic heterocycles. The Kier molecular flexibility index (Phi) is 5.42. The second-order valence-corrected chi connectivity index (χ2v) is 7.27. The van der Waals surface area contributed by atoms with Crippen molar-refractivity contribution in [1.29, 1.82) is 0 Å². The first-order valence-corrected chi connectivity index (χ1v) is 8.84. The number of sulfonamides is 1. The van der Waals surface area contributed by atoms with Gasteiger partial charge in [0.05, 0.1) is 18.6 Å². The second-order valence-electron chi connectivity index (χ2n) is 5.50. The molecule has 0 atom stereocenters. The Labute approximate surface area is 131 Å². The summed E-state index contributed by atoms with van der Waals surface area (Å²) in [6, 6.07) is 4.77. The molecule has 2 N–H and O–H groups in total. The van der Waals surface area contributed by atoms with E-state index >= 15 is 0 Å². The lowest BCUT2D eigenvalue weighted by molar-refractivity contribution is -0.120. The third-order valence-electron chi connectivity index (χ3n) is 3.82. The SMILES string of the molecule is COc1ccc(S(=O)(=O)NCC(=O)NC2CCCC2)cc1C. The van der Waals surface area contributed by atoms with E-state index in [2.05, 4.69) is 10.0 Å². The van der Waals surface area contributed by atoms with Crippen molar-refractivity contribution >= 4 is 15.9 Å². The summed E-state index contributed by atoms with van der Waals surface area (Å²) in [6.45, 7) is 1.52. The molecule has 1 aliphatic rings. The van der Waals surface area contributed by atoms with Crippen molar-refractivity contribution in [3.63, 3.8) is 0 Å². The maximum atomic E-state index is 12.2. The average molecular weight is 326 g/mol. The summed E-state index contributed by atoms with van der Waals surface area (Å²) in [5.41, 5.74) is 0.723. The molecule has 1 aromatic carbocycles. The number of carbonyl (C=O) groups is 1. The molecule has 0 aliphatic heterocycles. The Morgan fingerprint density at radius 3 is 2.59 bits per heavy atom. The molecule has 1 aliphatic carbocycles. The number of aryl methyl sites for hydroxylation is 1. The van der Waals surface area contributed by atoms with Gasteiger partial charge in [-0.05, 0) is 43.5 Å². The molecule has 22 heavy (non-hydrogen) atoms. The van der Waals surface area contributed by atoms with E-state index in [1.54, 1.807) is 13.0 Å². The first-order valence-electron chi connectivity index (χ1n) is 7.36. The number of methoxy groups -OCH3 is 1. The Bertz CT molecular complexity index is 637. The highest BCUT2D eigenvalue weighted by molar-refractivity contribution is 7.89. The minimum Gasteiger partial charge on any atom is -0.496 e. The summed E-state index contributed by atoms with van der Waals surface area (Å²) in [6.07, 6.45) is 4.16. The Morgan fingerprint density at radius 1 is 1.32 bits per heavy atom. The predicted octanol–water partition coefficient (Wildman–Crippen LogP) is 1.34. The number of benzene rings is 1. The lowest BCUT2D eigenvalue weighted by Gasteiger charge is -2.13. The van der Waals surface area contributed by atoms with Gasteiger partial charge in [0.25, 0.3) is 0 Å². The van der Waals surface area contributed by atoms with Crippen molar-refractivity contribution in [3.05, 3.63) is 23.8 Å². The van der Waals surface area contributed by atoms with Crippen molar-refractivity contribution in [2.24, 2.45) is 0 Å². The number of nitrogens with one attached hydrogen (secondary N) is 2. The van der Waals surface area contributed by atoms with Crippen LogP contribution in [0.2, 0.25) is 0 Å². The third kappa shape index (κ3) is 4.20. The van der Waals surface area contributed by atoms with Gasteiger partial charge < -0.3 is 10.1 Å². The van der Waals surface area contributed by atoms with Gasteiger partial charge in [0.2, 0.25) is 15.9 Å². The normalized spacial score (nSPS) is 15.7. The molecule has 0 unspecified atom stereocenters. The molecule has 122 valence electrons. The minimum atomic E-state index is -3.70. The van der Waals surface area contributed by atoms with Crippen LogP contribution in [0.4, 0.5) is 0 Å². The van der Waals surface area contributed by atoms with E-state index in [1.165, 1.54) is 19.2 Å². The Morgan fingerprint density at radius 2 is 2.00 bits per heavy atom. The summed E-state index contributed by atoms with van der Waals surface area (Å²) in [4.78, 5) is 11.9. The molecular formula is C15H22N2O4S. The lowest BCUT2D eigenvalue weighted by atomic mass is 10.2. The molecule has 1 fully saturated rings. The zero-order chi connectivity index (χ0) is 16.2. The topological polar surface area (TPSA) is 84.5 Å². The van der Waals surface area contributed by atoms with Gasteiger partial charge in [0.1, 0.15) is 5.75 Å². The zero-order valence-corrected chi connectivity index (χ0v) is 13.7. The number of rotatable bonds is 6. The number of ether oxygens (including phenoxy) is 1. The van der Waals surface area contributed by atoms with E-state index in [0.29, 0.717) is 5.75 Å². The monoisotopic (exact) mass is 326 g/mol. The van der Waals surface area contributed by atoms with E-state index in [0.717, 1.165) is 31.2 Å². The molecule has 0 saturated heterocycles. The van der Waals surface area contributed by atoms with Crippen molar-refractivity contribution in [2.75, 3.05) is 13.7 Å². The Hall–Kier alpha value is -1.60. The van der Waals surface area contributed by atoms with Crippen LogP contribution in [0.3, 0.4) is 0 Å². The van der Waals surface area contributed by atoms with Crippen LogP contribution in [0.25, 0.3) is 0 Å². The molecule has 0 radical (unpaired) electrons. The highest BCUT2D eigenvalue weighted by atomic mass is 32.2. The quantitative estimate of drug-likeness (QED) is 0.826. The maximum Gasteiger partial charge on any atom is 0.241 e. The number of hydrogen-bond donors (Lipinski definition) is 2. The van der Waals surface area contributed by atoms with Gasteiger partial charge in [0, 0.05) is 6.04 Å². The summed E-state index contributed by atoms with van der Waals surface area (Å²) in [7, 11) is -2.17. The maximum absolute atomic E-state index is 12.2. The van der Waals surface area contributed by atoms with Gasteiger partial charge in [-0.2, -0.15) is 0 Å². The number of amides is 1. The molecule has 1 saturated carbocycles. The van der Waals surface area contributed by atoms with Gasteiger partial charge in [-0.3, -0.25) is 4.79 Å². The average Bonchev–Trinajstić information content (AvgIpc) is 2.98. The van der Waals surface area contributed by atoms with Crippen LogP contribution in [0.1, 0.15) is 31.2 Å². The van der Waals surface area contributed by atoms with E-state index in [9.17, 15) is 13.2 Å². The van der Waals surface area contributed by atoms with E-state index in [4.69, 9.17) is 4.74 Å². The Balaban J connectivity index is 1.95. The van der Waals surface area contributed by atoms with E-state index in [1.807, 2.05) is 0 Å². The van der Waals surface area contributed by atoms with Gasteiger partial charge in [-0.25, -0.2) is 13.1 Å². The van der Waals surface area contributed by atoms with Crippen LogP contribution in [-0.4, -0.2) is 34.0 Å². The number of carbonyl (C=O) groups excluding carboxylic acids is 1. The highest BCUT2D eigenvalue weighted by Gasteiger charge is 2.20. The minimum absolute atomic E-state index is 0.125. The van der Waals surface area contributed by atoms with Gasteiger partial charge in [-0.1, -0.05) is 12.8 Å². The molecule has 1 aromatic rings. The summed E-state index contributed by atoms with van der Waals surface area (Å²) in [5.74, 6) is 0.332.